The summed E-state index contributed by atoms with van der Waals surface area (Å²) >= 11 is 0. The van der Waals surface area contributed by atoms with Crippen LogP contribution < -0.4 is 5.48 Å². The molecular weight excluding hydrogens is 306 g/mol. The third kappa shape index (κ3) is 6.06. The van der Waals surface area contributed by atoms with E-state index in [0.29, 0.717) is 12.0 Å². The minimum absolute atomic E-state index is 0.177. The van der Waals surface area contributed by atoms with Gasteiger partial charge in [0, 0.05) is 12.0 Å². The van der Waals surface area contributed by atoms with Gasteiger partial charge in [-0.05, 0) is 11.1 Å². The van der Waals surface area contributed by atoms with Crippen molar-refractivity contribution < 1.29 is 19.2 Å². The lowest BCUT2D eigenvalue weighted by Crippen LogP contribution is -2.28. The van der Waals surface area contributed by atoms with E-state index < -0.39 is 11.9 Å². The molecule has 0 radical (unpaired) electrons. The van der Waals surface area contributed by atoms with Crippen LogP contribution in [-0.4, -0.2) is 18.5 Å². The Bertz CT molecular complexity index is 683. The molecule has 124 valence electrons. The smallest absolute Gasteiger partial charge is 0.352 e. The number of carbonyl (C=O) groups is 2. The summed E-state index contributed by atoms with van der Waals surface area (Å²) in [4.78, 5) is 28.1. The number of esters is 1. The van der Waals surface area contributed by atoms with Crippen molar-refractivity contribution in [3.8, 4) is 0 Å². The van der Waals surface area contributed by atoms with Crippen LogP contribution >= 0.6 is 0 Å². The highest BCUT2D eigenvalue weighted by Gasteiger charge is 2.11. The van der Waals surface area contributed by atoms with Crippen molar-refractivity contribution in [2.75, 3.05) is 6.54 Å². The fourth-order valence-corrected chi connectivity index (χ4v) is 1.94. The van der Waals surface area contributed by atoms with Gasteiger partial charge in [-0.1, -0.05) is 67.2 Å². The lowest BCUT2D eigenvalue weighted by Gasteiger charge is -2.08. The van der Waals surface area contributed by atoms with Gasteiger partial charge in [0.25, 0.3) is 0 Å². The van der Waals surface area contributed by atoms with E-state index in [1.165, 1.54) is 0 Å². The maximum absolute atomic E-state index is 11.8. The van der Waals surface area contributed by atoms with E-state index in [0.717, 1.165) is 11.1 Å². The molecule has 0 aliphatic heterocycles. The molecule has 0 bridgehead atoms. The standard InChI is InChI=1S/C19H19NO4/c1-15(12-16-8-4-2-5-9-16)19(22)24-20-13-18(21)23-14-17-10-6-3-7-11-17/h2-11,20H,1,12-14H2. The maximum atomic E-state index is 11.8. The molecule has 2 aromatic rings. The Morgan fingerprint density at radius 3 is 2.12 bits per heavy atom. The highest BCUT2D eigenvalue weighted by molar-refractivity contribution is 5.88. The topological polar surface area (TPSA) is 64.6 Å². The van der Waals surface area contributed by atoms with Crippen LogP contribution in [0.2, 0.25) is 0 Å². The van der Waals surface area contributed by atoms with Crippen LogP contribution in [0.25, 0.3) is 0 Å². The van der Waals surface area contributed by atoms with Crippen LogP contribution in [0, 0.1) is 0 Å². The Kier molecular flexibility index (Phi) is 6.73. The van der Waals surface area contributed by atoms with Crippen molar-refractivity contribution in [3.63, 3.8) is 0 Å². The molecular formula is C19H19NO4. The molecule has 0 aromatic heterocycles. The molecule has 1 N–H and O–H groups in total. The monoisotopic (exact) mass is 325 g/mol. The molecule has 0 aliphatic carbocycles. The summed E-state index contributed by atoms with van der Waals surface area (Å²) in [7, 11) is 0. The zero-order valence-electron chi connectivity index (χ0n) is 13.2. The van der Waals surface area contributed by atoms with Crippen molar-refractivity contribution in [2.45, 2.75) is 13.0 Å². The summed E-state index contributed by atoms with van der Waals surface area (Å²) < 4.78 is 5.05. The third-order valence-electron chi connectivity index (χ3n) is 3.17. The minimum atomic E-state index is -0.602. The van der Waals surface area contributed by atoms with Crippen LogP contribution in [0.4, 0.5) is 0 Å². The van der Waals surface area contributed by atoms with Crippen LogP contribution in [0.1, 0.15) is 11.1 Å². The molecule has 0 aliphatic rings. The SMILES string of the molecule is C=C(Cc1ccccc1)C(=O)ONCC(=O)OCc1ccccc1. The second kappa shape index (κ2) is 9.27. The lowest BCUT2D eigenvalue weighted by atomic mass is 10.1. The first-order valence-electron chi connectivity index (χ1n) is 7.50. The minimum Gasteiger partial charge on any atom is -0.460 e. The number of rotatable bonds is 8. The van der Waals surface area contributed by atoms with Crippen molar-refractivity contribution >= 4 is 11.9 Å². The van der Waals surface area contributed by atoms with E-state index in [4.69, 9.17) is 9.57 Å². The number of nitrogens with one attached hydrogen (secondary N) is 1. The van der Waals surface area contributed by atoms with Gasteiger partial charge in [-0.25, -0.2) is 4.79 Å². The highest BCUT2D eigenvalue weighted by Crippen LogP contribution is 2.07. The van der Waals surface area contributed by atoms with Gasteiger partial charge in [0.1, 0.15) is 13.2 Å². The van der Waals surface area contributed by atoms with Gasteiger partial charge in [0.2, 0.25) is 0 Å². The zero-order valence-corrected chi connectivity index (χ0v) is 13.2. The first-order valence-corrected chi connectivity index (χ1v) is 7.50. The predicted octanol–water partition coefficient (Wildman–Crippen LogP) is 2.58. The van der Waals surface area contributed by atoms with E-state index in [-0.39, 0.29) is 13.2 Å². The summed E-state index contributed by atoms with van der Waals surface area (Å²) in [5.41, 5.74) is 4.45. The molecule has 24 heavy (non-hydrogen) atoms. The molecule has 0 heterocycles. The van der Waals surface area contributed by atoms with Crippen LogP contribution in [0.3, 0.4) is 0 Å². The average Bonchev–Trinajstić information content (AvgIpc) is 2.61. The Morgan fingerprint density at radius 2 is 1.50 bits per heavy atom. The summed E-state index contributed by atoms with van der Waals surface area (Å²) in [5, 5.41) is 0. The summed E-state index contributed by atoms with van der Waals surface area (Å²) in [6.45, 7) is 3.64. The van der Waals surface area contributed by atoms with Gasteiger partial charge in [-0.2, -0.15) is 0 Å². The average molecular weight is 325 g/mol. The zero-order chi connectivity index (χ0) is 17.2. The van der Waals surface area contributed by atoms with Crippen molar-refractivity contribution in [3.05, 3.63) is 83.9 Å². The Balaban J connectivity index is 1.64. The molecule has 0 atom stereocenters. The molecule has 0 amide bonds. The fraction of sp³-hybridized carbons (Fsp3) is 0.158. The first kappa shape index (κ1) is 17.4. The Labute approximate surface area is 140 Å². The number of hydrogen-bond donors (Lipinski definition) is 1. The molecule has 2 rings (SSSR count). The van der Waals surface area contributed by atoms with Gasteiger partial charge in [-0.3, -0.25) is 4.79 Å². The predicted molar refractivity (Wildman–Crippen MR) is 89.6 cm³/mol. The molecule has 0 spiro atoms. The van der Waals surface area contributed by atoms with Gasteiger partial charge in [0.05, 0.1) is 0 Å². The summed E-state index contributed by atoms with van der Waals surface area (Å²) in [5.74, 6) is -1.12. The molecule has 0 fully saturated rings. The number of hydrogen-bond acceptors (Lipinski definition) is 5. The fourth-order valence-electron chi connectivity index (χ4n) is 1.94. The molecule has 0 saturated carbocycles. The number of benzene rings is 2. The van der Waals surface area contributed by atoms with Crippen molar-refractivity contribution in [2.24, 2.45) is 0 Å². The van der Waals surface area contributed by atoms with E-state index in [9.17, 15) is 9.59 Å². The summed E-state index contributed by atoms with van der Waals surface area (Å²) in [6, 6.07) is 18.8. The molecule has 5 nitrogen and oxygen atoms in total. The van der Waals surface area contributed by atoms with Gasteiger partial charge in [0.15, 0.2) is 0 Å². The third-order valence-corrected chi connectivity index (χ3v) is 3.17. The van der Waals surface area contributed by atoms with E-state index in [1.54, 1.807) is 0 Å². The van der Waals surface area contributed by atoms with Gasteiger partial charge < -0.3 is 9.57 Å². The number of hydroxylamine groups is 1. The van der Waals surface area contributed by atoms with Crippen molar-refractivity contribution in [1.82, 2.24) is 5.48 Å². The van der Waals surface area contributed by atoms with E-state index in [1.807, 2.05) is 60.7 Å². The van der Waals surface area contributed by atoms with Crippen LogP contribution in [0.5, 0.6) is 0 Å². The first-order chi connectivity index (χ1) is 11.6. The molecule has 0 unspecified atom stereocenters. The second-order valence-corrected chi connectivity index (χ2v) is 5.12. The lowest BCUT2D eigenvalue weighted by molar-refractivity contribution is -0.153. The molecule has 5 heteroatoms. The quantitative estimate of drug-likeness (QED) is 0.459. The van der Waals surface area contributed by atoms with Crippen molar-refractivity contribution in [1.29, 1.82) is 0 Å². The maximum Gasteiger partial charge on any atom is 0.352 e. The van der Waals surface area contributed by atoms with Gasteiger partial charge in [-0.15, -0.1) is 5.48 Å². The van der Waals surface area contributed by atoms with Gasteiger partial charge >= 0.3 is 11.9 Å². The van der Waals surface area contributed by atoms with Crippen LogP contribution in [-0.2, 0) is 32.2 Å². The number of carbonyl (C=O) groups excluding carboxylic acids is 2. The Hall–Kier alpha value is -2.92. The van der Waals surface area contributed by atoms with E-state index in [2.05, 4.69) is 12.1 Å². The molecule has 2 aromatic carbocycles. The summed E-state index contributed by atoms with van der Waals surface area (Å²) in [6.07, 6.45) is 0.389. The number of ether oxygens (including phenoxy) is 1. The van der Waals surface area contributed by atoms with E-state index >= 15 is 0 Å². The highest BCUT2D eigenvalue weighted by atomic mass is 16.7. The Morgan fingerprint density at radius 1 is 0.917 bits per heavy atom. The van der Waals surface area contributed by atoms with Crippen LogP contribution in [0.15, 0.2) is 72.8 Å². The second-order valence-electron chi connectivity index (χ2n) is 5.12. The molecule has 0 saturated heterocycles. The largest absolute Gasteiger partial charge is 0.460 e. The normalized spacial score (nSPS) is 10.0.